The van der Waals surface area contributed by atoms with Crippen LogP contribution in [-0.4, -0.2) is 54.7 Å². The summed E-state index contributed by atoms with van der Waals surface area (Å²) in [5, 5.41) is 2.90. The molecule has 148 valence electrons. The number of aromatic nitrogens is 1. The molecule has 7 heteroatoms. The maximum absolute atomic E-state index is 12.5. The van der Waals surface area contributed by atoms with Gasteiger partial charge in [-0.3, -0.25) is 4.79 Å². The predicted molar refractivity (Wildman–Crippen MR) is 109 cm³/mol. The smallest absolute Gasteiger partial charge is 0.409 e. The molecule has 0 radical (unpaired) electrons. The Hall–Kier alpha value is -3.09. The van der Waals surface area contributed by atoms with E-state index < -0.39 is 0 Å². The monoisotopic (exact) mass is 382 g/mol. The van der Waals surface area contributed by atoms with E-state index in [4.69, 9.17) is 4.74 Å². The fraction of sp³-hybridized carbons (Fsp3) is 0.381. The second kappa shape index (κ2) is 8.73. The topological polar surface area (TPSA) is 74.8 Å². The molecule has 0 bridgehead atoms. The van der Waals surface area contributed by atoms with E-state index in [-0.39, 0.29) is 12.0 Å². The number of amides is 2. The van der Waals surface area contributed by atoms with Crippen LogP contribution < -0.4 is 10.2 Å². The molecule has 1 aliphatic rings. The Morgan fingerprint density at radius 2 is 1.82 bits per heavy atom. The molecule has 1 aromatic heterocycles. The molecule has 2 heterocycles. The molecule has 1 N–H and O–H groups in total. The Labute approximate surface area is 165 Å². The fourth-order valence-electron chi connectivity index (χ4n) is 3.06. The number of rotatable bonds is 4. The van der Waals surface area contributed by atoms with Crippen molar-refractivity contribution >= 4 is 23.5 Å². The maximum Gasteiger partial charge on any atom is 0.409 e. The van der Waals surface area contributed by atoms with Crippen molar-refractivity contribution in [1.29, 1.82) is 0 Å². The van der Waals surface area contributed by atoms with Crippen molar-refractivity contribution in [2.75, 3.05) is 43.0 Å². The van der Waals surface area contributed by atoms with Gasteiger partial charge in [0.15, 0.2) is 0 Å². The number of hydrogen-bond donors (Lipinski definition) is 1. The Morgan fingerprint density at radius 3 is 2.43 bits per heavy atom. The van der Waals surface area contributed by atoms with E-state index in [0.29, 0.717) is 38.3 Å². The fourth-order valence-corrected chi connectivity index (χ4v) is 3.06. The molecule has 0 aliphatic carbocycles. The van der Waals surface area contributed by atoms with Gasteiger partial charge in [0, 0.05) is 38.1 Å². The lowest BCUT2D eigenvalue weighted by Crippen LogP contribution is -2.49. The van der Waals surface area contributed by atoms with Crippen LogP contribution in [0.5, 0.6) is 0 Å². The first-order chi connectivity index (χ1) is 13.5. The molecule has 3 rings (SSSR count). The number of aryl methyl sites for hydroxylation is 2. The molecule has 0 atom stereocenters. The van der Waals surface area contributed by atoms with Crippen LogP contribution in [0.3, 0.4) is 0 Å². The number of ether oxygens (including phenoxy) is 1. The molecule has 0 spiro atoms. The maximum atomic E-state index is 12.5. The zero-order valence-electron chi connectivity index (χ0n) is 16.6. The summed E-state index contributed by atoms with van der Waals surface area (Å²) in [5.74, 6) is 0.612. The average molecular weight is 382 g/mol. The van der Waals surface area contributed by atoms with Gasteiger partial charge in [-0.15, -0.1) is 0 Å². The van der Waals surface area contributed by atoms with Gasteiger partial charge in [0.05, 0.1) is 12.2 Å². The average Bonchev–Trinajstić information content (AvgIpc) is 2.71. The van der Waals surface area contributed by atoms with Crippen molar-refractivity contribution in [3.63, 3.8) is 0 Å². The van der Waals surface area contributed by atoms with E-state index in [9.17, 15) is 9.59 Å². The summed E-state index contributed by atoms with van der Waals surface area (Å²) < 4.78 is 5.04. The van der Waals surface area contributed by atoms with E-state index in [2.05, 4.69) is 15.2 Å². The van der Waals surface area contributed by atoms with E-state index in [0.717, 1.165) is 17.1 Å². The van der Waals surface area contributed by atoms with Gasteiger partial charge in [-0.25, -0.2) is 9.78 Å². The minimum atomic E-state index is -0.270. The van der Waals surface area contributed by atoms with Crippen molar-refractivity contribution < 1.29 is 14.3 Å². The third kappa shape index (κ3) is 4.60. The highest BCUT2D eigenvalue weighted by Gasteiger charge is 2.22. The van der Waals surface area contributed by atoms with Gasteiger partial charge in [0.1, 0.15) is 5.82 Å². The van der Waals surface area contributed by atoms with Crippen LogP contribution in [0.4, 0.5) is 16.3 Å². The number of hydrogen-bond acceptors (Lipinski definition) is 5. The van der Waals surface area contributed by atoms with Crippen molar-refractivity contribution in [1.82, 2.24) is 9.88 Å². The number of anilines is 2. The summed E-state index contributed by atoms with van der Waals surface area (Å²) >= 11 is 0. The highest BCUT2D eigenvalue weighted by molar-refractivity contribution is 6.04. The normalized spacial score (nSPS) is 14.0. The SMILES string of the molecule is CCOC(=O)N1CCN(c2ccc(C(=O)Nc3ccc(C)c(C)c3)cn2)CC1. The molecule has 0 saturated carbocycles. The Balaban J connectivity index is 1.58. The van der Waals surface area contributed by atoms with Gasteiger partial charge in [-0.2, -0.15) is 0 Å². The van der Waals surface area contributed by atoms with Crippen LogP contribution in [-0.2, 0) is 4.74 Å². The Kier molecular flexibility index (Phi) is 6.13. The molecular formula is C21H26N4O3. The molecular weight excluding hydrogens is 356 g/mol. The van der Waals surface area contributed by atoms with Gasteiger partial charge in [-0.1, -0.05) is 6.07 Å². The summed E-state index contributed by atoms with van der Waals surface area (Å²) in [5.41, 5.74) is 3.60. The Bertz CT molecular complexity index is 843. The first-order valence-corrected chi connectivity index (χ1v) is 9.49. The number of nitrogens with zero attached hydrogens (tertiary/aromatic N) is 3. The number of carbonyl (C=O) groups is 2. The number of piperazine rings is 1. The largest absolute Gasteiger partial charge is 0.450 e. The number of benzene rings is 1. The summed E-state index contributed by atoms with van der Waals surface area (Å²) in [6, 6.07) is 9.46. The first-order valence-electron chi connectivity index (χ1n) is 9.49. The lowest BCUT2D eigenvalue weighted by atomic mass is 10.1. The minimum Gasteiger partial charge on any atom is -0.450 e. The summed E-state index contributed by atoms with van der Waals surface area (Å²) in [6.07, 6.45) is 1.32. The summed E-state index contributed by atoms with van der Waals surface area (Å²) in [6.45, 7) is 8.78. The van der Waals surface area contributed by atoms with Crippen LogP contribution in [0, 0.1) is 13.8 Å². The number of pyridine rings is 1. The van der Waals surface area contributed by atoms with Crippen molar-refractivity contribution in [3.05, 3.63) is 53.2 Å². The molecule has 1 aliphatic heterocycles. The molecule has 2 amide bonds. The van der Waals surface area contributed by atoms with Crippen LogP contribution in [0.25, 0.3) is 0 Å². The minimum absolute atomic E-state index is 0.186. The molecule has 28 heavy (non-hydrogen) atoms. The summed E-state index contributed by atoms with van der Waals surface area (Å²) in [4.78, 5) is 32.5. The van der Waals surface area contributed by atoms with Gasteiger partial charge < -0.3 is 19.9 Å². The van der Waals surface area contributed by atoms with Gasteiger partial charge in [0.2, 0.25) is 0 Å². The lowest BCUT2D eigenvalue weighted by Gasteiger charge is -2.34. The van der Waals surface area contributed by atoms with Crippen molar-refractivity contribution in [2.45, 2.75) is 20.8 Å². The summed E-state index contributed by atoms with van der Waals surface area (Å²) in [7, 11) is 0. The van der Waals surface area contributed by atoms with E-state index >= 15 is 0 Å². The predicted octanol–water partition coefficient (Wildman–Crippen LogP) is 3.23. The molecule has 1 aromatic carbocycles. The van der Waals surface area contributed by atoms with Crippen LogP contribution in [0.15, 0.2) is 36.5 Å². The molecule has 1 fully saturated rings. The number of nitrogens with one attached hydrogen (secondary N) is 1. The highest BCUT2D eigenvalue weighted by Crippen LogP contribution is 2.17. The standard InChI is InChI=1S/C21H26N4O3/c1-4-28-21(27)25-11-9-24(10-12-25)19-8-6-17(14-22-19)20(26)23-18-7-5-15(2)16(3)13-18/h5-8,13-14H,4,9-12H2,1-3H3,(H,23,26). The third-order valence-electron chi connectivity index (χ3n) is 4.90. The van der Waals surface area contributed by atoms with Gasteiger partial charge >= 0.3 is 6.09 Å². The highest BCUT2D eigenvalue weighted by atomic mass is 16.6. The van der Waals surface area contributed by atoms with Gasteiger partial charge in [0.25, 0.3) is 5.91 Å². The van der Waals surface area contributed by atoms with E-state index in [1.807, 2.05) is 38.1 Å². The molecule has 7 nitrogen and oxygen atoms in total. The molecule has 0 unspecified atom stereocenters. The van der Waals surface area contributed by atoms with E-state index in [1.54, 1.807) is 24.1 Å². The third-order valence-corrected chi connectivity index (χ3v) is 4.90. The zero-order valence-corrected chi connectivity index (χ0v) is 16.6. The molecule has 1 saturated heterocycles. The lowest BCUT2D eigenvalue weighted by molar-refractivity contribution is 0.102. The van der Waals surface area contributed by atoms with Crippen molar-refractivity contribution in [3.8, 4) is 0 Å². The number of carbonyl (C=O) groups excluding carboxylic acids is 2. The van der Waals surface area contributed by atoms with Crippen LogP contribution in [0.2, 0.25) is 0 Å². The first kappa shape index (κ1) is 19.7. The molecule has 2 aromatic rings. The van der Waals surface area contributed by atoms with E-state index in [1.165, 1.54) is 5.56 Å². The second-order valence-electron chi connectivity index (χ2n) is 6.83. The van der Waals surface area contributed by atoms with Crippen molar-refractivity contribution in [2.24, 2.45) is 0 Å². The van der Waals surface area contributed by atoms with Gasteiger partial charge in [-0.05, 0) is 56.2 Å². The van der Waals surface area contributed by atoms with Crippen LogP contribution in [0.1, 0.15) is 28.4 Å². The Morgan fingerprint density at radius 1 is 1.07 bits per heavy atom. The zero-order chi connectivity index (χ0) is 20.1. The second-order valence-corrected chi connectivity index (χ2v) is 6.83. The quantitative estimate of drug-likeness (QED) is 0.879. The van der Waals surface area contributed by atoms with Crippen LogP contribution >= 0.6 is 0 Å².